The fourth-order valence-electron chi connectivity index (χ4n) is 4.27. The van der Waals surface area contributed by atoms with Crippen LogP contribution in [-0.4, -0.2) is 55.8 Å². The molecular formula is C29H33BrN6O3. The molecule has 10 heteroatoms. The third kappa shape index (κ3) is 7.58. The van der Waals surface area contributed by atoms with Crippen LogP contribution < -0.4 is 26.0 Å². The fraction of sp³-hybridized carbons (Fsp3) is 0.276. The van der Waals surface area contributed by atoms with Crippen LogP contribution in [0.4, 0.5) is 17.1 Å². The fourth-order valence-corrected chi connectivity index (χ4v) is 4.90. The molecule has 4 N–H and O–H groups in total. The summed E-state index contributed by atoms with van der Waals surface area (Å²) in [6.45, 7) is 9.39. The number of amidine groups is 1. The molecule has 0 aromatic heterocycles. The first-order valence-corrected chi connectivity index (χ1v) is 13.5. The van der Waals surface area contributed by atoms with Gasteiger partial charge in [-0.2, -0.15) is 4.99 Å². The zero-order valence-corrected chi connectivity index (χ0v) is 23.7. The van der Waals surface area contributed by atoms with Gasteiger partial charge in [0.2, 0.25) is 11.8 Å². The van der Waals surface area contributed by atoms with Crippen LogP contribution in [0.25, 0.3) is 0 Å². The molecule has 2 aliphatic rings. The Kier molecular flexibility index (Phi) is 9.21. The second-order valence-electron chi connectivity index (χ2n) is 9.57. The summed E-state index contributed by atoms with van der Waals surface area (Å²) in [5.41, 5.74) is 8.45. The average molecular weight is 594 g/mol. The number of halogens is 1. The number of primary amides is 1. The molecule has 0 saturated carbocycles. The van der Waals surface area contributed by atoms with E-state index in [-0.39, 0.29) is 23.2 Å². The highest BCUT2D eigenvalue weighted by molar-refractivity contribution is 9.10. The second kappa shape index (κ2) is 12.8. The Hall–Kier alpha value is -3.89. The van der Waals surface area contributed by atoms with Gasteiger partial charge in [-0.3, -0.25) is 9.59 Å². The van der Waals surface area contributed by atoms with Crippen LogP contribution >= 0.6 is 15.9 Å². The standard InChI is InChI=1S/C29H33BrN6O3/c1-4-26(37)32-20-6-5-7-22(17-20)39-27-16-19(2)8-10-23(28(31)38)29(34-27)33-21-9-11-25(24(30)18-21)36-14-12-35(3)13-15-36/h4-7,9-11,16-19H,1,8,12-15H2,2-3H3,(H2,31,38)(H,32,37)(H,33,34)/b23-10+,27-16+. The van der Waals surface area contributed by atoms with Crippen LogP contribution in [0.3, 0.4) is 0 Å². The van der Waals surface area contributed by atoms with E-state index in [1.54, 1.807) is 30.3 Å². The van der Waals surface area contributed by atoms with Crippen molar-refractivity contribution in [1.29, 1.82) is 0 Å². The highest BCUT2D eigenvalue weighted by atomic mass is 79.9. The highest BCUT2D eigenvalue weighted by Crippen LogP contribution is 2.31. The van der Waals surface area contributed by atoms with Crippen LogP contribution in [0.5, 0.6) is 5.75 Å². The van der Waals surface area contributed by atoms with Crippen molar-refractivity contribution in [2.45, 2.75) is 13.3 Å². The van der Waals surface area contributed by atoms with Crippen LogP contribution in [0.15, 0.2) is 88.2 Å². The van der Waals surface area contributed by atoms with E-state index in [0.29, 0.717) is 23.7 Å². The number of nitrogens with two attached hydrogens (primary N) is 1. The zero-order valence-electron chi connectivity index (χ0n) is 22.1. The number of likely N-dealkylation sites (N-methyl/N-ethyl adjacent to an activating group) is 1. The summed E-state index contributed by atoms with van der Waals surface area (Å²) >= 11 is 3.71. The lowest BCUT2D eigenvalue weighted by molar-refractivity contribution is -0.114. The molecule has 2 amide bonds. The Labute approximate surface area is 237 Å². The number of amides is 2. The maximum Gasteiger partial charge on any atom is 0.252 e. The van der Waals surface area contributed by atoms with Crippen molar-refractivity contribution in [1.82, 2.24) is 4.90 Å². The minimum atomic E-state index is -0.586. The van der Waals surface area contributed by atoms with Gasteiger partial charge in [-0.25, -0.2) is 0 Å². The molecule has 0 bridgehead atoms. The van der Waals surface area contributed by atoms with E-state index < -0.39 is 5.91 Å². The number of allylic oxidation sites excluding steroid dienone is 2. The summed E-state index contributed by atoms with van der Waals surface area (Å²) < 4.78 is 7.04. The summed E-state index contributed by atoms with van der Waals surface area (Å²) in [6, 6.07) is 12.9. The predicted molar refractivity (Wildman–Crippen MR) is 160 cm³/mol. The van der Waals surface area contributed by atoms with Crippen molar-refractivity contribution < 1.29 is 14.3 Å². The van der Waals surface area contributed by atoms with Gasteiger partial charge < -0.3 is 30.9 Å². The quantitative estimate of drug-likeness (QED) is 0.408. The van der Waals surface area contributed by atoms with E-state index in [9.17, 15) is 9.59 Å². The van der Waals surface area contributed by atoms with Crippen LogP contribution in [-0.2, 0) is 9.59 Å². The lowest BCUT2D eigenvalue weighted by Gasteiger charge is -2.34. The van der Waals surface area contributed by atoms with Gasteiger partial charge in [0.25, 0.3) is 5.91 Å². The number of hydrogen-bond donors (Lipinski definition) is 3. The molecule has 1 atom stereocenters. The van der Waals surface area contributed by atoms with Gasteiger partial charge in [-0.1, -0.05) is 25.6 Å². The number of carbonyl (C=O) groups excluding carboxylic acids is 2. The minimum Gasteiger partial charge on any atom is -0.439 e. The van der Waals surface area contributed by atoms with Gasteiger partial charge >= 0.3 is 0 Å². The number of benzene rings is 2. The summed E-state index contributed by atoms with van der Waals surface area (Å²) in [7, 11) is 2.13. The summed E-state index contributed by atoms with van der Waals surface area (Å²) in [5.74, 6) is 0.199. The number of nitrogens with zero attached hydrogens (tertiary/aromatic N) is 3. The topological polar surface area (TPSA) is 112 Å². The zero-order chi connectivity index (χ0) is 27.9. The Morgan fingerprint density at radius 2 is 1.92 bits per heavy atom. The lowest BCUT2D eigenvalue weighted by atomic mass is 10.0. The Balaban J connectivity index is 1.61. The number of nitrogens with one attached hydrogen (secondary N) is 2. The van der Waals surface area contributed by atoms with Gasteiger partial charge in [-0.15, -0.1) is 0 Å². The molecule has 1 unspecified atom stereocenters. The molecule has 2 aromatic carbocycles. The molecule has 1 fully saturated rings. The molecule has 204 valence electrons. The van der Waals surface area contributed by atoms with Gasteiger partial charge in [0, 0.05) is 48.1 Å². The number of rotatable bonds is 7. The molecular weight excluding hydrogens is 560 g/mol. The Morgan fingerprint density at radius 1 is 1.15 bits per heavy atom. The summed E-state index contributed by atoms with van der Waals surface area (Å²) in [6.07, 6.45) is 5.46. The SMILES string of the molecule is C=CC(=O)Nc1cccc(OC2=C/C(C)C/C=C(C(N)=O)/C(Nc3ccc(N4CCN(C)CC4)c(Br)c3)=N\2)c1. The minimum absolute atomic E-state index is 0.0420. The molecule has 2 heterocycles. The predicted octanol–water partition coefficient (Wildman–Crippen LogP) is 4.51. The first-order valence-electron chi connectivity index (χ1n) is 12.7. The first kappa shape index (κ1) is 28.1. The second-order valence-corrected chi connectivity index (χ2v) is 10.4. The van der Waals surface area contributed by atoms with Gasteiger partial charge in [-0.05, 0) is 77.8 Å². The van der Waals surface area contributed by atoms with Crippen molar-refractivity contribution in [2.24, 2.45) is 16.6 Å². The highest BCUT2D eigenvalue weighted by Gasteiger charge is 2.20. The largest absolute Gasteiger partial charge is 0.439 e. The van der Waals surface area contributed by atoms with Crippen LogP contribution in [0.2, 0.25) is 0 Å². The molecule has 0 spiro atoms. The Bertz CT molecular complexity index is 1340. The molecule has 9 nitrogen and oxygen atoms in total. The molecule has 0 aliphatic carbocycles. The molecule has 0 radical (unpaired) electrons. The summed E-state index contributed by atoms with van der Waals surface area (Å²) in [5, 5.41) is 5.98. The number of hydrogen-bond acceptors (Lipinski definition) is 7. The molecule has 2 aromatic rings. The third-order valence-electron chi connectivity index (χ3n) is 6.43. The third-order valence-corrected chi connectivity index (χ3v) is 7.06. The molecule has 1 saturated heterocycles. The lowest BCUT2D eigenvalue weighted by Crippen LogP contribution is -2.44. The van der Waals surface area contributed by atoms with Crippen LogP contribution in [0.1, 0.15) is 13.3 Å². The van der Waals surface area contributed by atoms with E-state index in [2.05, 4.69) is 55.0 Å². The normalized spacial score (nSPS) is 22.1. The summed E-state index contributed by atoms with van der Waals surface area (Å²) in [4.78, 5) is 33.5. The smallest absolute Gasteiger partial charge is 0.252 e. The van der Waals surface area contributed by atoms with E-state index in [1.165, 1.54) is 6.08 Å². The van der Waals surface area contributed by atoms with E-state index in [1.807, 2.05) is 31.2 Å². The van der Waals surface area contributed by atoms with Crippen molar-refractivity contribution >= 4 is 50.6 Å². The van der Waals surface area contributed by atoms with Gasteiger partial charge in [0.05, 0.1) is 11.3 Å². The molecule has 2 aliphatic heterocycles. The number of ether oxygens (including phenoxy) is 1. The van der Waals surface area contributed by atoms with E-state index >= 15 is 0 Å². The first-order chi connectivity index (χ1) is 18.7. The average Bonchev–Trinajstić information content (AvgIpc) is 2.88. The molecule has 4 rings (SSSR count). The van der Waals surface area contributed by atoms with Gasteiger partial charge in [0.15, 0.2) is 0 Å². The van der Waals surface area contributed by atoms with Crippen molar-refractivity contribution in [3.8, 4) is 5.75 Å². The number of piperazine rings is 1. The van der Waals surface area contributed by atoms with Crippen LogP contribution in [0, 0.1) is 5.92 Å². The number of anilines is 3. The van der Waals surface area contributed by atoms with E-state index in [4.69, 9.17) is 10.5 Å². The Morgan fingerprint density at radius 3 is 2.62 bits per heavy atom. The molecule has 39 heavy (non-hydrogen) atoms. The number of carbonyl (C=O) groups is 2. The van der Waals surface area contributed by atoms with E-state index in [0.717, 1.165) is 42.0 Å². The monoisotopic (exact) mass is 592 g/mol. The van der Waals surface area contributed by atoms with Gasteiger partial charge in [0.1, 0.15) is 11.6 Å². The van der Waals surface area contributed by atoms with Crippen molar-refractivity contribution in [3.05, 3.63) is 83.2 Å². The number of aliphatic imine (C=N–C) groups is 1. The maximum atomic E-state index is 12.4. The maximum absolute atomic E-state index is 12.4. The van der Waals surface area contributed by atoms with Crippen molar-refractivity contribution in [2.75, 3.05) is 48.8 Å². The van der Waals surface area contributed by atoms with Crippen molar-refractivity contribution in [3.63, 3.8) is 0 Å².